The van der Waals surface area contributed by atoms with Gasteiger partial charge in [0.1, 0.15) is 5.82 Å². The Kier molecular flexibility index (Phi) is 5.44. The van der Waals surface area contributed by atoms with E-state index in [-0.39, 0.29) is 18.2 Å². The lowest BCUT2D eigenvalue weighted by Gasteiger charge is -2.12. The van der Waals surface area contributed by atoms with Gasteiger partial charge >= 0.3 is 5.97 Å². The average molecular weight is 258 g/mol. The Labute approximate surface area is 104 Å². The van der Waals surface area contributed by atoms with Gasteiger partial charge in [-0.25, -0.2) is 4.39 Å². The summed E-state index contributed by atoms with van der Waals surface area (Å²) in [5.74, 6) is -0.279. The third kappa shape index (κ3) is 4.02. The lowest BCUT2D eigenvalue weighted by Crippen LogP contribution is -2.02. The molecular weight excluding hydrogens is 243 g/mol. The highest BCUT2D eigenvalue weighted by Crippen LogP contribution is 2.30. The smallest absolute Gasteiger partial charge is 0.306 e. The van der Waals surface area contributed by atoms with Crippen molar-refractivity contribution in [2.24, 2.45) is 0 Å². The molecule has 1 N–H and O–H groups in total. The predicted molar refractivity (Wildman–Crippen MR) is 64.4 cm³/mol. The molecule has 3 nitrogen and oxygen atoms in total. The van der Waals surface area contributed by atoms with Crippen molar-refractivity contribution >= 4 is 17.7 Å². The molecule has 1 unspecified atom stereocenters. The number of benzene rings is 1. The zero-order valence-electron chi connectivity index (χ0n) is 9.77. The standard InChI is InChI=1S/C12H15FO3S/c1-8(14)9-4-3-5-10(13)12(9)17-7-6-11(15)16-2/h3-5,8,14H,6-7H2,1-2H3. The molecule has 0 saturated carbocycles. The largest absolute Gasteiger partial charge is 0.469 e. The van der Waals surface area contributed by atoms with Crippen LogP contribution in [0.4, 0.5) is 4.39 Å². The van der Waals surface area contributed by atoms with Crippen LogP contribution in [0, 0.1) is 5.82 Å². The number of rotatable bonds is 5. The summed E-state index contributed by atoms with van der Waals surface area (Å²) in [4.78, 5) is 11.3. The number of hydrogen-bond donors (Lipinski definition) is 1. The zero-order valence-corrected chi connectivity index (χ0v) is 10.6. The summed E-state index contributed by atoms with van der Waals surface area (Å²) >= 11 is 1.21. The van der Waals surface area contributed by atoms with E-state index < -0.39 is 6.10 Å². The van der Waals surface area contributed by atoms with Crippen LogP contribution in [0.5, 0.6) is 0 Å². The van der Waals surface area contributed by atoms with Crippen molar-refractivity contribution in [1.82, 2.24) is 0 Å². The van der Waals surface area contributed by atoms with E-state index in [1.54, 1.807) is 19.1 Å². The number of aliphatic hydroxyl groups excluding tert-OH is 1. The third-order valence-corrected chi connectivity index (χ3v) is 3.36. The van der Waals surface area contributed by atoms with Crippen molar-refractivity contribution in [3.8, 4) is 0 Å². The van der Waals surface area contributed by atoms with Gasteiger partial charge in [0.15, 0.2) is 0 Å². The molecule has 0 radical (unpaired) electrons. The van der Waals surface area contributed by atoms with Gasteiger partial charge in [-0.15, -0.1) is 11.8 Å². The number of esters is 1. The van der Waals surface area contributed by atoms with Crippen molar-refractivity contribution < 1.29 is 19.0 Å². The second kappa shape index (κ2) is 6.61. The first-order valence-corrected chi connectivity index (χ1v) is 6.21. The number of halogens is 1. The molecule has 0 aromatic heterocycles. The molecule has 0 aliphatic carbocycles. The Morgan fingerprint density at radius 2 is 2.29 bits per heavy atom. The Bertz CT molecular complexity index is 393. The quantitative estimate of drug-likeness (QED) is 0.651. The third-order valence-electron chi connectivity index (χ3n) is 2.23. The van der Waals surface area contributed by atoms with E-state index in [0.717, 1.165) is 0 Å². The molecular formula is C12H15FO3S. The van der Waals surface area contributed by atoms with E-state index in [0.29, 0.717) is 16.2 Å². The van der Waals surface area contributed by atoms with Crippen LogP contribution in [-0.2, 0) is 9.53 Å². The van der Waals surface area contributed by atoms with Crippen LogP contribution in [0.1, 0.15) is 25.0 Å². The summed E-state index contributed by atoms with van der Waals surface area (Å²) < 4.78 is 18.1. The molecule has 0 spiro atoms. The fourth-order valence-electron chi connectivity index (χ4n) is 1.35. The van der Waals surface area contributed by atoms with Gasteiger partial charge in [-0.2, -0.15) is 0 Å². The summed E-state index contributed by atoms with van der Waals surface area (Å²) in [6.45, 7) is 1.58. The number of hydrogen-bond acceptors (Lipinski definition) is 4. The van der Waals surface area contributed by atoms with Crippen molar-refractivity contribution in [2.45, 2.75) is 24.3 Å². The van der Waals surface area contributed by atoms with Gasteiger partial charge in [0.05, 0.1) is 19.6 Å². The summed E-state index contributed by atoms with van der Waals surface area (Å²) in [7, 11) is 1.32. The molecule has 17 heavy (non-hydrogen) atoms. The topological polar surface area (TPSA) is 46.5 Å². The molecule has 0 aliphatic rings. The lowest BCUT2D eigenvalue weighted by atomic mass is 10.1. The molecule has 0 aliphatic heterocycles. The summed E-state index contributed by atoms with van der Waals surface area (Å²) in [6, 6.07) is 4.57. The first-order chi connectivity index (χ1) is 8.06. The molecule has 0 bridgehead atoms. The normalized spacial score (nSPS) is 12.2. The highest BCUT2D eigenvalue weighted by Gasteiger charge is 2.13. The van der Waals surface area contributed by atoms with Gasteiger partial charge in [0.25, 0.3) is 0 Å². The number of ether oxygens (including phenoxy) is 1. The minimum absolute atomic E-state index is 0.217. The van der Waals surface area contributed by atoms with Gasteiger partial charge in [-0.1, -0.05) is 12.1 Å². The molecule has 5 heteroatoms. The molecule has 0 amide bonds. The number of carbonyl (C=O) groups excluding carboxylic acids is 1. The van der Waals surface area contributed by atoms with Crippen molar-refractivity contribution in [1.29, 1.82) is 0 Å². The maximum Gasteiger partial charge on any atom is 0.306 e. The second-order valence-electron chi connectivity index (χ2n) is 3.51. The fraction of sp³-hybridized carbons (Fsp3) is 0.417. The van der Waals surface area contributed by atoms with Crippen LogP contribution < -0.4 is 0 Å². The summed E-state index contributed by atoms with van der Waals surface area (Å²) in [5.41, 5.74) is 0.542. The molecule has 0 heterocycles. The van der Waals surface area contributed by atoms with Crippen LogP contribution in [0.2, 0.25) is 0 Å². The maximum atomic E-state index is 13.6. The minimum atomic E-state index is -0.730. The van der Waals surface area contributed by atoms with Crippen LogP contribution >= 0.6 is 11.8 Å². The molecule has 0 saturated heterocycles. The van der Waals surface area contributed by atoms with Crippen LogP contribution in [0.3, 0.4) is 0 Å². The Balaban J connectivity index is 2.72. The Morgan fingerprint density at radius 1 is 1.59 bits per heavy atom. The highest BCUT2D eigenvalue weighted by molar-refractivity contribution is 7.99. The number of thioether (sulfide) groups is 1. The molecule has 94 valence electrons. The van der Waals surface area contributed by atoms with Crippen molar-refractivity contribution in [2.75, 3.05) is 12.9 Å². The number of aliphatic hydroxyl groups is 1. The van der Waals surface area contributed by atoms with Crippen LogP contribution in [-0.4, -0.2) is 23.9 Å². The molecule has 1 rings (SSSR count). The average Bonchev–Trinajstić information content (AvgIpc) is 2.30. The molecule has 1 aromatic rings. The first kappa shape index (κ1) is 14.0. The van der Waals surface area contributed by atoms with Gasteiger partial charge in [-0.05, 0) is 18.6 Å². The maximum absolute atomic E-state index is 13.6. The monoisotopic (exact) mass is 258 g/mol. The van der Waals surface area contributed by atoms with Crippen LogP contribution in [0.15, 0.2) is 23.1 Å². The second-order valence-corrected chi connectivity index (χ2v) is 4.61. The van der Waals surface area contributed by atoms with Crippen molar-refractivity contribution in [3.05, 3.63) is 29.6 Å². The van der Waals surface area contributed by atoms with Gasteiger partial charge in [-0.3, -0.25) is 4.79 Å². The van der Waals surface area contributed by atoms with Crippen LogP contribution in [0.25, 0.3) is 0 Å². The minimum Gasteiger partial charge on any atom is -0.469 e. The van der Waals surface area contributed by atoms with Gasteiger partial charge in [0, 0.05) is 10.6 Å². The lowest BCUT2D eigenvalue weighted by molar-refractivity contribution is -0.140. The molecule has 1 aromatic carbocycles. The Hall–Kier alpha value is -1.07. The first-order valence-electron chi connectivity index (χ1n) is 5.22. The predicted octanol–water partition coefficient (Wildman–Crippen LogP) is 2.53. The van der Waals surface area contributed by atoms with E-state index in [2.05, 4.69) is 4.74 Å². The molecule has 0 fully saturated rings. The van der Waals surface area contributed by atoms with Gasteiger partial charge < -0.3 is 9.84 Å². The molecule has 1 atom stereocenters. The Morgan fingerprint density at radius 3 is 2.88 bits per heavy atom. The van der Waals surface area contributed by atoms with E-state index in [1.807, 2.05) is 0 Å². The highest BCUT2D eigenvalue weighted by atomic mass is 32.2. The van der Waals surface area contributed by atoms with E-state index in [1.165, 1.54) is 24.9 Å². The van der Waals surface area contributed by atoms with Gasteiger partial charge in [0.2, 0.25) is 0 Å². The SMILES string of the molecule is COC(=O)CCSc1c(F)cccc1C(C)O. The van der Waals surface area contributed by atoms with Crippen molar-refractivity contribution in [3.63, 3.8) is 0 Å². The van der Waals surface area contributed by atoms with E-state index in [9.17, 15) is 14.3 Å². The number of carbonyl (C=O) groups is 1. The summed E-state index contributed by atoms with van der Waals surface area (Å²) in [5, 5.41) is 9.51. The fourth-order valence-corrected chi connectivity index (χ4v) is 2.43. The van der Waals surface area contributed by atoms with E-state index in [4.69, 9.17) is 0 Å². The van der Waals surface area contributed by atoms with E-state index >= 15 is 0 Å². The summed E-state index contributed by atoms with van der Waals surface area (Å²) in [6.07, 6.45) is -0.513. The zero-order chi connectivity index (χ0) is 12.8. The number of methoxy groups -OCH3 is 1.